The van der Waals surface area contributed by atoms with Crippen molar-refractivity contribution in [2.45, 2.75) is 0 Å². The Bertz CT molecular complexity index is 1180. The zero-order valence-corrected chi connectivity index (χ0v) is 15.6. The summed E-state index contributed by atoms with van der Waals surface area (Å²) < 4.78 is 6.67. The molecule has 0 amide bonds. The van der Waals surface area contributed by atoms with Gasteiger partial charge in [0.15, 0.2) is 10.9 Å². The summed E-state index contributed by atoms with van der Waals surface area (Å²) >= 11 is 12.9. The van der Waals surface area contributed by atoms with Gasteiger partial charge >= 0.3 is 0 Å². The first kappa shape index (κ1) is 16.9. The SMILES string of the molecule is COc1c(Cl)nn(C)c(=O)c1-c1c2ccccc2c(Cl)c2ccccc12. The molecule has 6 heteroatoms. The minimum Gasteiger partial charge on any atom is -0.493 e. The summed E-state index contributed by atoms with van der Waals surface area (Å²) in [7, 11) is 3.05. The number of fused-ring (bicyclic) bond motifs is 2. The number of aryl methyl sites for hydroxylation is 1. The van der Waals surface area contributed by atoms with Crippen LogP contribution in [-0.4, -0.2) is 16.9 Å². The second-order valence-corrected chi connectivity index (χ2v) is 6.64. The van der Waals surface area contributed by atoms with Crippen LogP contribution in [0.2, 0.25) is 10.2 Å². The number of methoxy groups -OCH3 is 1. The summed E-state index contributed by atoms with van der Waals surface area (Å²) in [5.74, 6) is 0.257. The van der Waals surface area contributed by atoms with E-state index in [2.05, 4.69) is 5.10 Å². The molecule has 26 heavy (non-hydrogen) atoms. The third-order valence-corrected chi connectivity index (χ3v) is 5.13. The molecule has 0 aliphatic rings. The van der Waals surface area contributed by atoms with E-state index in [9.17, 15) is 4.79 Å². The predicted molar refractivity (Wildman–Crippen MR) is 106 cm³/mol. The first-order valence-corrected chi connectivity index (χ1v) is 8.70. The molecule has 4 aromatic rings. The normalized spacial score (nSPS) is 11.2. The molecule has 4 nitrogen and oxygen atoms in total. The van der Waals surface area contributed by atoms with Crippen molar-refractivity contribution >= 4 is 44.7 Å². The number of hydrogen-bond acceptors (Lipinski definition) is 3. The number of halogens is 2. The van der Waals surface area contributed by atoms with Crippen LogP contribution in [0.3, 0.4) is 0 Å². The minimum absolute atomic E-state index is 0.132. The Morgan fingerprint density at radius 2 is 1.38 bits per heavy atom. The molecule has 130 valence electrons. The summed E-state index contributed by atoms with van der Waals surface area (Å²) in [5, 5.41) is 8.24. The van der Waals surface area contributed by atoms with Gasteiger partial charge in [0.2, 0.25) is 0 Å². The van der Waals surface area contributed by atoms with Crippen LogP contribution in [0.5, 0.6) is 5.75 Å². The molecule has 0 N–H and O–H groups in total. The van der Waals surface area contributed by atoms with Gasteiger partial charge in [-0.05, 0) is 10.8 Å². The smallest absolute Gasteiger partial charge is 0.278 e. The minimum atomic E-state index is -0.288. The fourth-order valence-corrected chi connectivity index (χ4v) is 3.95. The fourth-order valence-electron chi connectivity index (χ4n) is 3.34. The van der Waals surface area contributed by atoms with Gasteiger partial charge in [-0.15, -0.1) is 0 Å². The van der Waals surface area contributed by atoms with Gasteiger partial charge in [0.25, 0.3) is 5.56 Å². The average molecular weight is 385 g/mol. The lowest BCUT2D eigenvalue weighted by molar-refractivity contribution is 0.410. The maximum Gasteiger partial charge on any atom is 0.278 e. The van der Waals surface area contributed by atoms with Gasteiger partial charge in [0, 0.05) is 23.4 Å². The average Bonchev–Trinajstić information content (AvgIpc) is 2.66. The van der Waals surface area contributed by atoms with Crippen molar-refractivity contribution in [3.05, 3.63) is 69.1 Å². The van der Waals surface area contributed by atoms with Crippen LogP contribution in [0.4, 0.5) is 0 Å². The lowest BCUT2D eigenvalue weighted by Gasteiger charge is -2.16. The van der Waals surface area contributed by atoms with Crippen molar-refractivity contribution in [1.29, 1.82) is 0 Å². The predicted octanol–water partition coefficient (Wildman–Crippen LogP) is 5.07. The van der Waals surface area contributed by atoms with E-state index < -0.39 is 0 Å². The van der Waals surface area contributed by atoms with Gasteiger partial charge in [-0.1, -0.05) is 71.7 Å². The Kier molecular flexibility index (Phi) is 4.10. The largest absolute Gasteiger partial charge is 0.493 e. The van der Waals surface area contributed by atoms with Crippen molar-refractivity contribution in [3.8, 4) is 16.9 Å². The lowest BCUT2D eigenvalue weighted by Crippen LogP contribution is -2.22. The number of ether oxygens (including phenoxy) is 1. The molecule has 0 radical (unpaired) electrons. The first-order valence-electron chi connectivity index (χ1n) is 7.94. The molecule has 0 fully saturated rings. The number of aromatic nitrogens is 2. The summed E-state index contributed by atoms with van der Waals surface area (Å²) in [6.07, 6.45) is 0. The summed E-state index contributed by atoms with van der Waals surface area (Å²) in [6, 6.07) is 15.4. The number of nitrogens with zero attached hydrogens (tertiary/aromatic N) is 2. The van der Waals surface area contributed by atoms with Crippen molar-refractivity contribution in [1.82, 2.24) is 9.78 Å². The van der Waals surface area contributed by atoms with Gasteiger partial charge in [-0.2, -0.15) is 5.10 Å². The molecular formula is C20H14Cl2N2O2. The molecule has 0 saturated heterocycles. The molecular weight excluding hydrogens is 371 g/mol. The molecule has 0 aliphatic heterocycles. The van der Waals surface area contributed by atoms with E-state index in [0.29, 0.717) is 10.6 Å². The number of hydrogen-bond donors (Lipinski definition) is 0. The lowest BCUT2D eigenvalue weighted by atomic mass is 9.92. The topological polar surface area (TPSA) is 44.1 Å². The molecule has 0 atom stereocenters. The Balaban J connectivity index is 2.34. The van der Waals surface area contributed by atoms with E-state index in [1.807, 2.05) is 48.5 Å². The molecule has 3 aromatic carbocycles. The van der Waals surface area contributed by atoms with Gasteiger partial charge in [0.05, 0.1) is 17.7 Å². The Labute approximate surface area is 159 Å². The summed E-state index contributed by atoms with van der Waals surface area (Å²) in [4.78, 5) is 13.0. The van der Waals surface area contributed by atoms with Crippen LogP contribution in [0.25, 0.3) is 32.7 Å². The maximum atomic E-state index is 13.0. The molecule has 0 spiro atoms. The highest BCUT2D eigenvalue weighted by molar-refractivity contribution is 6.42. The number of rotatable bonds is 2. The van der Waals surface area contributed by atoms with Crippen LogP contribution in [0, 0.1) is 0 Å². The van der Waals surface area contributed by atoms with Gasteiger partial charge in [0.1, 0.15) is 0 Å². The third kappa shape index (κ3) is 2.37. The Hall–Kier alpha value is -2.56. The van der Waals surface area contributed by atoms with Crippen molar-refractivity contribution in [2.75, 3.05) is 7.11 Å². The van der Waals surface area contributed by atoms with E-state index in [0.717, 1.165) is 27.1 Å². The third-order valence-electron chi connectivity index (χ3n) is 4.48. The highest BCUT2D eigenvalue weighted by atomic mass is 35.5. The summed E-state index contributed by atoms with van der Waals surface area (Å²) in [5.41, 5.74) is 0.824. The van der Waals surface area contributed by atoms with Gasteiger partial charge in [-0.25, -0.2) is 4.68 Å². The molecule has 0 saturated carbocycles. The van der Waals surface area contributed by atoms with E-state index >= 15 is 0 Å². The zero-order valence-electron chi connectivity index (χ0n) is 14.1. The fraction of sp³-hybridized carbons (Fsp3) is 0.100. The Morgan fingerprint density at radius 1 is 0.885 bits per heavy atom. The molecule has 0 bridgehead atoms. The molecule has 0 aliphatic carbocycles. The second kappa shape index (κ2) is 6.31. The first-order chi connectivity index (χ1) is 12.5. The molecule has 1 aromatic heterocycles. The Morgan fingerprint density at radius 3 is 1.88 bits per heavy atom. The van der Waals surface area contributed by atoms with Crippen molar-refractivity contribution < 1.29 is 4.74 Å². The van der Waals surface area contributed by atoms with Crippen LogP contribution < -0.4 is 10.3 Å². The van der Waals surface area contributed by atoms with Crippen LogP contribution >= 0.6 is 23.2 Å². The number of benzene rings is 3. The standard InChI is InChI=1S/C20H14Cl2N2O2/c1-24-20(25)16(18(26-2)19(22)23-24)15-11-7-3-5-9-13(11)17(21)14-10-6-4-8-12(14)15/h3-10H,1-2H3. The maximum absolute atomic E-state index is 13.0. The van der Waals surface area contributed by atoms with Gasteiger partial charge < -0.3 is 4.74 Å². The van der Waals surface area contributed by atoms with Crippen LogP contribution in [0.1, 0.15) is 0 Å². The highest BCUT2D eigenvalue weighted by Crippen LogP contribution is 2.43. The quantitative estimate of drug-likeness (QED) is 0.453. The monoisotopic (exact) mass is 384 g/mol. The van der Waals surface area contributed by atoms with Gasteiger partial charge in [-0.3, -0.25) is 4.79 Å². The molecule has 0 unspecified atom stereocenters. The van der Waals surface area contributed by atoms with E-state index in [4.69, 9.17) is 27.9 Å². The van der Waals surface area contributed by atoms with Crippen LogP contribution in [0.15, 0.2) is 53.3 Å². The van der Waals surface area contributed by atoms with E-state index in [1.54, 1.807) is 7.05 Å². The van der Waals surface area contributed by atoms with E-state index in [-0.39, 0.29) is 16.5 Å². The van der Waals surface area contributed by atoms with E-state index in [1.165, 1.54) is 11.8 Å². The van der Waals surface area contributed by atoms with Crippen molar-refractivity contribution in [2.24, 2.45) is 7.05 Å². The second-order valence-electron chi connectivity index (χ2n) is 5.91. The molecule has 1 heterocycles. The summed E-state index contributed by atoms with van der Waals surface area (Å²) in [6.45, 7) is 0. The highest BCUT2D eigenvalue weighted by Gasteiger charge is 2.23. The zero-order chi connectivity index (χ0) is 18.4. The molecule has 4 rings (SSSR count). The van der Waals surface area contributed by atoms with Crippen molar-refractivity contribution in [3.63, 3.8) is 0 Å². The van der Waals surface area contributed by atoms with Crippen LogP contribution in [-0.2, 0) is 7.05 Å².